The van der Waals surface area contributed by atoms with E-state index in [4.69, 9.17) is 11.6 Å². The van der Waals surface area contributed by atoms with Crippen molar-refractivity contribution in [2.45, 2.75) is 44.6 Å². The first-order valence-corrected chi connectivity index (χ1v) is 9.54. The number of hydrogen-bond donors (Lipinski definition) is 3. The van der Waals surface area contributed by atoms with Crippen molar-refractivity contribution in [1.82, 2.24) is 16.0 Å². The molecule has 140 valence electrons. The van der Waals surface area contributed by atoms with Gasteiger partial charge >= 0.3 is 6.03 Å². The topological polar surface area (TPSA) is 87.3 Å². The Hall–Kier alpha value is -2.08. The Bertz CT molecular complexity index is 670. The van der Waals surface area contributed by atoms with Crippen LogP contribution in [0.4, 0.5) is 4.79 Å². The zero-order chi connectivity index (χ0) is 18.5. The van der Waals surface area contributed by atoms with Gasteiger partial charge in [0, 0.05) is 18.0 Å². The van der Waals surface area contributed by atoms with Crippen molar-refractivity contribution in [3.63, 3.8) is 0 Å². The zero-order valence-electron chi connectivity index (χ0n) is 14.6. The molecular formula is C19H24ClN3O3. The van der Waals surface area contributed by atoms with E-state index in [1.807, 2.05) is 24.3 Å². The van der Waals surface area contributed by atoms with Gasteiger partial charge in [0.1, 0.15) is 0 Å². The summed E-state index contributed by atoms with van der Waals surface area (Å²) in [5.41, 5.74) is 1.00. The molecular weight excluding hydrogens is 354 g/mol. The zero-order valence-corrected chi connectivity index (χ0v) is 15.3. The molecule has 1 saturated heterocycles. The summed E-state index contributed by atoms with van der Waals surface area (Å²) in [5, 5.41) is 8.63. The van der Waals surface area contributed by atoms with Crippen molar-refractivity contribution >= 4 is 29.4 Å². The minimum absolute atomic E-state index is 0.0985. The van der Waals surface area contributed by atoms with E-state index < -0.39 is 11.9 Å². The van der Waals surface area contributed by atoms with Crippen LogP contribution in [0, 0.1) is 11.8 Å². The van der Waals surface area contributed by atoms with Gasteiger partial charge < -0.3 is 10.6 Å². The molecule has 3 rings (SSSR count). The van der Waals surface area contributed by atoms with E-state index in [2.05, 4.69) is 16.0 Å². The molecule has 6 nitrogen and oxygen atoms in total. The third-order valence-corrected chi connectivity index (χ3v) is 5.46. The summed E-state index contributed by atoms with van der Waals surface area (Å²) in [6, 6.07) is 6.96. The van der Waals surface area contributed by atoms with Crippen molar-refractivity contribution < 1.29 is 14.4 Å². The second-order valence-corrected chi connectivity index (χ2v) is 7.52. The number of carbonyl (C=O) groups is 3. The lowest BCUT2D eigenvalue weighted by atomic mass is 9.90. The van der Waals surface area contributed by atoms with E-state index in [1.165, 1.54) is 0 Å². The minimum atomic E-state index is -0.547. The number of amides is 4. The van der Waals surface area contributed by atoms with Gasteiger partial charge in [-0.3, -0.25) is 14.9 Å². The maximum Gasteiger partial charge on any atom is 0.321 e. The van der Waals surface area contributed by atoms with Crippen LogP contribution < -0.4 is 16.0 Å². The molecule has 0 unspecified atom stereocenters. The molecule has 26 heavy (non-hydrogen) atoms. The highest BCUT2D eigenvalue weighted by Gasteiger charge is 2.31. The minimum Gasteiger partial charge on any atom is -0.349 e. The summed E-state index contributed by atoms with van der Waals surface area (Å²) in [6.45, 7) is 0.220. The van der Waals surface area contributed by atoms with Gasteiger partial charge in [-0.25, -0.2) is 4.79 Å². The standard InChI is InChI=1S/C19H24ClN3O3/c20-15-7-3-6-13(10-15)17(12-4-1-2-5-12)23-18(25)14-8-9-16(24)22-19(26)21-11-14/h3,6-7,10,12,14,17H,1-2,4-5,8-9,11H2,(H,23,25)(H2,21,22,24,26)/t14-,17+/m1/s1. The Morgan fingerprint density at radius 3 is 2.69 bits per heavy atom. The fourth-order valence-electron chi connectivity index (χ4n) is 3.82. The van der Waals surface area contributed by atoms with Gasteiger partial charge in [-0.2, -0.15) is 0 Å². The normalized spacial score (nSPS) is 22.7. The molecule has 1 aromatic carbocycles. The molecule has 0 bridgehead atoms. The van der Waals surface area contributed by atoms with Crippen LogP contribution >= 0.6 is 11.6 Å². The maximum atomic E-state index is 12.9. The summed E-state index contributed by atoms with van der Waals surface area (Å²) in [7, 11) is 0. The Morgan fingerprint density at radius 1 is 1.19 bits per heavy atom. The van der Waals surface area contributed by atoms with E-state index in [0.29, 0.717) is 17.4 Å². The monoisotopic (exact) mass is 377 g/mol. The number of nitrogens with one attached hydrogen (secondary N) is 3. The first-order valence-electron chi connectivity index (χ1n) is 9.16. The molecule has 1 aliphatic heterocycles. The van der Waals surface area contributed by atoms with Crippen molar-refractivity contribution in [3.8, 4) is 0 Å². The third-order valence-electron chi connectivity index (χ3n) is 5.23. The van der Waals surface area contributed by atoms with E-state index in [0.717, 1.165) is 31.2 Å². The number of carbonyl (C=O) groups excluding carboxylic acids is 3. The molecule has 2 atom stereocenters. The highest BCUT2D eigenvalue weighted by Crippen LogP contribution is 2.36. The van der Waals surface area contributed by atoms with Crippen LogP contribution in [0.15, 0.2) is 24.3 Å². The van der Waals surface area contributed by atoms with E-state index in [9.17, 15) is 14.4 Å². The third kappa shape index (κ3) is 4.75. The van der Waals surface area contributed by atoms with Crippen LogP contribution in [0.1, 0.15) is 50.1 Å². The van der Waals surface area contributed by atoms with Crippen LogP contribution in [0.3, 0.4) is 0 Å². The van der Waals surface area contributed by atoms with Crippen LogP contribution in [0.5, 0.6) is 0 Å². The van der Waals surface area contributed by atoms with Crippen molar-refractivity contribution in [2.75, 3.05) is 6.54 Å². The quantitative estimate of drug-likeness (QED) is 0.753. The molecule has 7 heteroatoms. The molecule has 1 aromatic rings. The molecule has 3 N–H and O–H groups in total. The highest BCUT2D eigenvalue weighted by molar-refractivity contribution is 6.30. The second-order valence-electron chi connectivity index (χ2n) is 7.08. The average molecular weight is 378 g/mol. The summed E-state index contributed by atoms with van der Waals surface area (Å²) < 4.78 is 0. The summed E-state index contributed by atoms with van der Waals surface area (Å²) in [6.07, 6.45) is 5.04. The van der Waals surface area contributed by atoms with E-state index in [1.54, 1.807) is 0 Å². The molecule has 4 amide bonds. The average Bonchev–Trinajstić information content (AvgIpc) is 3.12. The predicted molar refractivity (Wildman–Crippen MR) is 98.6 cm³/mol. The first-order chi connectivity index (χ1) is 12.5. The molecule has 2 fully saturated rings. The number of hydrogen-bond acceptors (Lipinski definition) is 3. The van der Waals surface area contributed by atoms with Crippen LogP contribution in [-0.4, -0.2) is 24.4 Å². The van der Waals surface area contributed by atoms with Gasteiger partial charge in [-0.1, -0.05) is 36.6 Å². The largest absolute Gasteiger partial charge is 0.349 e. The first kappa shape index (κ1) is 18.7. The predicted octanol–water partition coefficient (Wildman–Crippen LogP) is 2.92. The molecule has 1 heterocycles. The van der Waals surface area contributed by atoms with Gasteiger partial charge in [0.25, 0.3) is 0 Å². The van der Waals surface area contributed by atoms with Gasteiger partial charge in [0.15, 0.2) is 0 Å². The van der Waals surface area contributed by atoms with E-state index >= 15 is 0 Å². The fraction of sp³-hybridized carbons (Fsp3) is 0.526. The molecule has 0 radical (unpaired) electrons. The van der Waals surface area contributed by atoms with Gasteiger partial charge in [-0.05, 0) is 42.9 Å². The van der Waals surface area contributed by atoms with Gasteiger partial charge in [-0.15, -0.1) is 0 Å². The van der Waals surface area contributed by atoms with Gasteiger partial charge in [0.05, 0.1) is 12.0 Å². The molecule has 0 spiro atoms. The fourth-order valence-corrected chi connectivity index (χ4v) is 4.01. The summed E-state index contributed by atoms with van der Waals surface area (Å²) >= 11 is 6.15. The lowest BCUT2D eigenvalue weighted by molar-refractivity contribution is -0.127. The Labute approximate surface area is 158 Å². The number of benzene rings is 1. The molecule has 1 saturated carbocycles. The number of imide groups is 1. The number of urea groups is 1. The smallest absolute Gasteiger partial charge is 0.321 e. The number of rotatable bonds is 4. The van der Waals surface area contributed by atoms with Crippen molar-refractivity contribution in [1.29, 1.82) is 0 Å². The summed E-state index contributed by atoms with van der Waals surface area (Å²) in [5.74, 6) is -0.531. The Balaban J connectivity index is 1.74. The van der Waals surface area contributed by atoms with Gasteiger partial charge in [0.2, 0.25) is 11.8 Å². The lowest BCUT2D eigenvalue weighted by Gasteiger charge is -2.28. The Morgan fingerprint density at radius 2 is 1.96 bits per heavy atom. The second kappa shape index (κ2) is 8.54. The summed E-state index contributed by atoms with van der Waals surface area (Å²) in [4.78, 5) is 36.0. The van der Waals surface area contributed by atoms with Crippen LogP contribution in [0.25, 0.3) is 0 Å². The maximum absolute atomic E-state index is 12.9. The lowest BCUT2D eigenvalue weighted by Crippen LogP contribution is -2.48. The van der Waals surface area contributed by atoms with Crippen molar-refractivity contribution in [2.24, 2.45) is 11.8 Å². The highest BCUT2D eigenvalue weighted by atomic mass is 35.5. The van der Waals surface area contributed by atoms with Crippen molar-refractivity contribution in [3.05, 3.63) is 34.9 Å². The molecule has 1 aliphatic carbocycles. The Kier molecular flexibility index (Phi) is 6.14. The van der Waals surface area contributed by atoms with Crippen LogP contribution in [-0.2, 0) is 9.59 Å². The molecule has 2 aliphatic rings. The number of halogens is 1. The van der Waals surface area contributed by atoms with E-state index in [-0.39, 0.29) is 30.8 Å². The molecule has 0 aromatic heterocycles. The SMILES string of the molecule is O=C1CC[C@@H](C(=O)N[C@H](c2cccc(Cl)c2)C2CCCC2)CNC(=O)N1. The van der Waals surface area contributed by atoms with Crippen LogP contribution in [0.2, 0.25) is 5.02 Å².